The average Bonchev–Trinajstić information content (AvgIpc) is 2.69. The SMILES string of the molecule is Nc1c(CCC(=O)O)cnn1-c1ccc(Cl)cc1. The number of rotatable bonds is 4. The van der Waals surface area contributed by atoms with Gasteiger partial charge >= 0.3 is 5.97 Å². The lowest BCUT2D eigenvalue weighted by Crippen LogP contribution is -2.04. The summed E-state index contributed by atoms with van der Waals surface area (Å²) in [6.45, 7) is 0. The predicted octanol–water partition coefficient (Wildman–Crippen LogP) is 2.13. The number of benzene rings is 1. The van der Waals surface area contributed by atoms with Crippen molar-refractivity contribution < 1.29 is 9.90 Å². The molecule has 0 spiro atoms. The van der Waals surface area contributed by atoms with E-state index >= 15 is 0 Å². The van der Waals surface area contributed by atoms with Gasteiger partial charge in [-0.15, -0.1) is 0 Å². The lowest BCUT2D eigenvalue weighted by molar-refractivity contribution is -0.136. The van der Waals surface area contributed by atoms with Gasteiger partial charge in [0, 0.05) is 17.0 Å². The largest absolute Gasteiger partial charge is 0.481 e. The number of anilines is 1. The number of nitrogens with two attached hydrogens (primary N) is 1. The van der Waals surface area contributed by atoms with Gasteiger partial charge in [0.05, 0.1) is 11.9 Å². The smallest absolute Gasteiger partial charge is 0.303 e. The van der Waals surface area contributed by atoms with E-state index in [9.17, 15) is 4.79 Å². The highest BCUT2D eigenvalue weighted by Crippen LogP contribution is 2.19. The van der Waals surface area contributed by atoms with E-state index in [2.05, 4.69) is 5.10 Å². The fraction of sp³-hybridized carbons (Fsp3) is 0.167. The normalized spacial score (nSPS) is 10.5. The van der Waals surface area contributed by atoms with Gasteiger partial charge in [-0.1, -0.05) is 11.6 Å². The van der Waals surface area contributed by atoms with Crippen molar-refractivity contribution in [2.45, 2.75) is 12.8 Å². The zero-order valence-electron chi connectivity index (χ0n) is 9.51. The third kappa shape index (κ3) is 2.62. The molecule has 0 saturated carbocycles. The molecular formula is C12H12ClN3O2. The highest BCUT2D eigenvalue weighted by Gasteiger charge is 2.10. The van der Waals surface area contributed by atoms with Crippen LogP contribution in [0.5, 0.6) is 0 Å². The van der Waals surface area contributed by atoms with Crippen LogP contribution in [0.1, 0.15) is 12.0 Å². The number of carboxylic acid groups (broad SMARTS) is 1. The molecule has 1 heterocycles. The second-order valence-corrected chi connectivity index (χ2v) is 4.27. The Morgan fingerprint density at radius 3 is 2.67 bits per heavy atom. The van der Waals surface area contributed by atoms with E-state index in [0.29, 0.717) is 17.3 Å². The second-order valence-electron chi connectivity index (χ2n) is 3.84. The van der Waals surface area contributed by atoms with Crippen LogP contribution < -0.4 is 5.73 Å². The zero-order chi connectivity index (χ0) is 13.1. The Labute approximate surface area is 109 Å². The van der Waals surface area contributed by atoms with E-state index in [1.807, 2.05) is 0 Å². The maximum absolute atomic E-state index is 10.5. The standard InChI is InChI=1S/C12H12ClN3O2/c13-9-2-4-10(5-3-9)16-12(14)8(7-15-16)1-6-11(17)18/h2-5,7H,1,6,14H2,(H,17,18). The van der Waals surface area contributed by atoms with Gasteiger partial charge in [0.1, 0.15) is 5.82 Å². The van der Waals surface area contributed by atoms with Crippen LogP contribution in [-0.4, -0.2) is 20.9 Å². The fourth-order valence-electron chi connectivity index (χ4n) is 1.61. The molecule has 2 rings (SSSR count). The number of halogens is 1. The monoisotopic (exact) mass is 265 g/mol. The lowest BCUT2D eigenvalue weighted by Gasteiger charge is -2.04. The molecule has 0 aliphatic heterocycles. The summed E-state index contributed by atoms with van der Waals surface area (Å²) in [4.78, 5) is 10.5. The van der Waals surface area contributed by atoms with E-state index in [1.54, 1.807) is 35.1 Å². The number of aryl methyl sites for hydroxylation is 1. The van der Waals surface area contributed by atoms with Crippen LogP contribution in [0.3, 0.4) is 0 Å². The summed E-state index contributed by atoms with van der Waals surface area (Å²) in [5.41, 5.74) is 7.45. The summed E-state index contributed by atoms with van der Waals surface area (Å²) in [6.07, 6.45) is 2.00. The van der Waals surface area contributed by atoms with Gasteiger partial charge in [-0.05, 0) is 30.7 Å². The van der Waals surface area contributed by atoms with Crippen molar-refractivity contribution in [2.24, 2.45) is 0 Å². The van der Waals surface area contributed by atoms with E-state index < -0.39 is 5.97 Å². The summed E-state index contributed by atoms with van der Waals surface area (Å²) in [7, 11) is 0. The Morgan fingerprint density at radius 1 is 1.39 bits per heavy atom. The Bertz CT molecular complexity index is 563. The Balaban J connectivity index is 2.25. The molecule has 5 nitrogen and oxygen atoms in total. The first-order valence-electron chi connectivity index (χ1n) is 5.38. The van der Waals surface area contributed by atoms with Crippen LogP contribution in [0.25, 0.3) is 5.69 Å². The van der Waals surface area contributed by atoms with Crippen LogP contribution in [-0.2, 0) is 11.2 Å². The molecule has 2 aromatic rings. The minimum absolute atomic E-state index is 0.0382. The van der Waals surface area contributed by atoms with E-state index in [-0.39, 0.29) is 6.42 Å². The third-order valence-corrected chi connectivity index (χ3v) is 2.82. The summed E-state index contributed by atoms with van der Waals surface area (Å²) in [6, 6.07) is 7.09. The average molecular weight is 266 g/mol. The molecule has 18 heavy (non-hydrogen) atoms. The highest BCUT2D eigenvalue weighted by molar-refractivity contribution is 6.30. The number of nitrogen functional groups attached to an aromatic ring is 1. The molecule has 1 aromatic carbocycles. The summed E-state index contributed by atoms with van der Waals surface area (Å²) < 4.78 is 1.56. The molecule has 0 aliphatic carbocycles. The number of aromatic nitrogens is 2. The molecule has 0 amide bonds. The second kappa shape index (κ2) is 5.10. The van der Waals surface area contributed by atoms with Crippen LogP contribution in [0.15, 0.2) is 30.5 Å². The quantitative estimate of drug-likeness (QED) is 0.887. The maximum atomic E-state index is 10.5. The van der Waals surface area contributed by atoms with E-state index in [0.717, 1.165) is 11.3 Å². The van der Waals surface area contributed by atoms with Crippen LogP contribution in [0.4, 0.5) is 5.82 Å². The Morgan fingerprint density at radius 2 is 2.06 bits per heavy atom. The predicted molar refractivity (Wildman–Crippen MR) is 68.9 cm³/mol. The van der Waals surface area contributed by atoms with Crippen LogP contribution >= 0.6 is 11.6 Å². The third-order valence-electron chi connectivity index (χ3n) is 2.57. The van der Waals surface area contributed by atoms with Crippen molar-refractivity contribution in [3.8, 4) is 5.69 Å². The van der Waals surface area contributed by atoms with Crippen molar-refractivity contribution in [1.29, 1.82) is 0 Å². The van der Waals surface area contributed by atoms with Gasteiger partial charge in [-0.3, -0.25) is 4.79 Å². The van der Waals surface area contributed by atoms with Crippen LogP contribution in [0, 0.1) is 0 Å². The van der Waals surface area contributed by atoms with Crippen molar-refractivity contribution in [3.63, 3.8) is 0 Å². The number of hydrogen-bond donors (Lipinski definition) is 2. The summed E-state index contributed by atoms with van der Waals surface area (Å²) in [5.74, 6) is -0.396. The van der Waals surface area contributed by atoms with Gasteiger partial charge in [0.2, 0.25) is 0 Å². The molecule has 1 aromatic heterocycles. The molecule has 0 unspecified atom stereocenters. The Kier molecular flexibility index (Phi) is 3.53. The summed E-state index contributed by atoms with van der Waals surface area (Å²) >= 11 is 5.80. The first-order chi connectivity index (χ1) is 8.58. The molecule has 6 heteroatoms. The van der Waals surface area contributed by atoms with E-state index in [4.69, 9.17) is 22.4 Å². The highest BCUT2D eigenvalue weighted by atomic mass is 35.5. The van der Waals surface area contributed by atoms with Gasteiger partial charge < -0.3 is 10.8 Å². The Hall–Kier alpha value is -2.01. The van der Waals surface area contributed by atoms with Crippen molar-refractivity contribution >= 4 is 23.4 Å². The molecule has 3 N–H and O–H groups in total. The molecule has 0 bridgehead atoms. The molecule has 0 atom stereocenters. The van der Waals surface area contributed by atoms with E-state index in [1.165, 1.54) is 0 Å². The molecule has 0 fully saturated rings. The fourth-order valence-corrected chi connectivity index (χ4v) is 1.74. The first kappa shape index (κ1) is 12.4. The first-order valence-corrected chi connectivity index (χ1v) is 5.76. The minimum atomic E-state index is -0.853. The number of carboxylic acids is 1. The maximum Gasteiger partial charge on any atom is 0.303 e. The molecule has 0 saturated heterocycles. The number of carbonyl (C=O) groups is 1. The molecule has 0 radical (unpaired) electrons. The number of aliphatic carboxylic acids is 1. The number of nitrogens with zero attached hydrogens (tertiary/aromatic N) is 2. The van der Waals surface area contributed by atoms with Gasteiger partial charge in [0.15, 0.2) is 0 Å². The van der Waals surface area contributed by atoms with Crippen molar-refractivity contribution in [1.82, 2.24) is 9.78 Å². The van der Waals surface area contributed by atoms with Crippen LogP contribution in [0.2, 0.25) is 5.02 Å². The number of hydrogen-bond acceptors (Lipinski definition) is 3. The van der Waals surface area contributed by atoms with Crippen molar-refractivity contribution in [3.05, 3.63) is 41.0 Å². The van der Waals surface area contributed by atoms with Crippen molar-refractivity contribution in [2.75, 3.05) is 5.73 Å². The van der Waals surface area contributed by atoms with Gasteiger partial charge in [-0.25, -0.2) is 4.68 Å². The zero-order valence-corrected chi connectivity index (χ0v) is 10.3. The minimum Gasteiger partial charge on any atom is -0.481 e. The van der Waals surface area contributed by atoms with Gasteiger partial charge in [0.25, 0.3) is 0 Å². The summed E-state index contributed by atoms with van der Waals surface area (Å²) in [5, 5.41) is 13.4. The van der Waals surface area contributed by atoms with Gasteiger partial charge in [-0.2, -0.15) is 5.10 Å². The molecular weight excluding hydrogens is 254 g/mol. The lowest BCUT2D eigenvalue weighted by atomic mass is 10.2. The molecule has 0 aliphatic rings. The topological polar surface area (TPSA) is 81.1 Å². The molecule has 94 valence electrons.